The van der Waals surface area contributed by atoms with Gasteiger partial charge in [0.05, 0.1) is 0 Å². The lowest BCUT2D eigenvalue weighted by atomic mass is 9.75. The predicted molar refractivity (Wildman–Crippen MR) is 108 cm³/mol. The van der Waals surface area contributed by atoms with Crippen LogP contribution in [-0.2, 0) is 14.3 Å². The van der Waals surface area contributed by atoms with E-state index in [1.54, 1.807) is 0 Å². The van der Waals surface area contributed by atoms with E-state index in [9.17, 15) is 14.7 Å². The van der Waals surface area contributed by atoms with Crippen molar-refractivity contribution in [3.8, 4) is 11.1 Å². The van der Waals surface area contributed by atoms with Gasteiger partial charge < -0.3 is 19.9 Å². The number of aliphatic carboxylic acids is 1. The predicted octanol–water partition coefficient (Wildman–Crippen LogP) is 3.80. The first kappa shape index (κ1) is 19.5. The van der Waals surface area contributed by atoms with Gasteiger partial charge in [0.1, 0.15) is 12.6 Å². The molecule has 0 aromatic heterocycles. The number of rotatable bonds is 5. The molecule has 0 saturated carbocycles. The number of carboxylic acid groups (broad SMARTS) is 1. The quantitative estimate of drug-likeness (QED) is 0.805. The van der Waals surface area contributed by atoms with Gasteiger partial charge in [-0.3, -0.25) is 0 Å². The lowest BCUT2D eigenvalue weighted by molar-refractivity contribution is -0.144. The lowest BCUT2D eigenvalue weighted by Gasteiger charge is -2.38. The zero-order valence-electron chi connectivity index (χ0n) is 16.4. The lowest BCUT2D eigenvalue weighted by Crippen LogP contribution is -2.53. The number of alkyl carbamates (subject to hydrolysis) is 1. The number of ether oxygens (including phenoxy) is 2. The van der Waals surface area contributed by atoms with Crippen LogP contribution in [0.4, 0.5) is 4.79 Å². The average molecular weight is 395 g/mol. The smallest absolute Gasteiger partial charge is 0.407 e. The van der Waals surface area contributed by atoms with Gasteiger partial charge in [0.15, 0.2) is 0 Å². The third kappa shape index (κ3) is 3.72. The van der Waals surface area contributed by atoms with Crippen molar-refractivity contribution in [1.82, 2.24) is 5.32 Å². The zero-order chi connectivity index (χ0) is 20.4. The van der Waals surface area contributed by atoms with E-state index in [0.717, 1.165) is 22.3 Å². The summed E-state index contributed by atoms with van der Waals surface area (Å²) < 4.78 is 10.9. The summed E-state index contributed by atoms with van der Waals surface area (Å²) in [6, 6.07) is 15.2. The molecule has 0 unspecified atom stereocenters. The Kier molecular flexibility index (Phi) is 5.28. The zero-order valence-corrected chi connectivity index (χ0v) is 16.4. The monoisotopic (exact) mass is 395 g/mol. The van der Waals surface area contributed by atoms with E-state index in [2.05, 4.69) is 17.4 Å². The van der Waals surface area contributed by atoms with Crippen LogP contribution in [0.15, 0.2) is 48.5 Å². The summed E-state index contributed by atoms with van der Waals surface area (Å²) >= 11 is 0. The standard InChI is InChI=1S/C23H25NO5/c1-23(10-12-28-13-11-23)20(21(25)26)24-22(27)29-14-19-17-8-4-2-6-15(17)16-7-3-5-9-18(16)19/h2-9,19-20H,10-14H2,1H3,(H,24,27)(H,25,26)/t20-/m1/s1. The number of nitrogens with one attached hydrogen (secondary N) is 1. The summed E-state index contributed by atoms with van der Waals surface area (Å²) in [5.41, 5.74) is 3.97. The number of carboxylic acids is 1. The Morgan fingerprint density at radius 3 is 2.21 bits per heavy atom. The number of carbonyl (C=O) groups is 2. The highest BCUT2D eigenvalue weighted by atomic mass is 16.5. The molecule has 1 amide bonds. The Labute approximate surface area is 169 Å². The fourth-order valence-corrected chi connectivity index (χ4v) is 4.42. The van der Waals surface area contributed by atoms with Crippen LogP contribution in [0, 0.1) is 5.41 Å². The van der Waals surface area contributed by atoms with Gasteiger partial charge in [0, 0.05) is 24.5 Å². The highest BCUT2D eigenvalue weighted by molar-refractivity contribution is 5.81. The molecule has 2 aliphatic rings. The van der Waals surface area contributed by atoms with Crippen molar-refractivity contribution in [2.75, 3.05) is 19.8 Å². The molecular weight excluding hydrogens is 370 g/mol. The van der Waals surface area contributed by atoms with E-state index in [1.165, 1.54) is 0 Å². The SMILES string of the molecule is CC1([C@H](NC(=O)OCC2c3ccccc3-c3ccccc32)C(=O)O)CCOCC1. The third-order valence-corrected chi connectivity index (χ3v) is 6.18. The van der Waals surface area contributed by atoms with Crippen LogP contribution in [0.5, 0.6) is 0 Å². The van der Waals surface area contributed by atoms with Gasteiger partial charge in [-0.15, -0.1) is 0 Å². The Balaban J connectivity index is 1.46. The maximum Gasteiger partial charge on any atom is 0.407 e. The number of amides is 1. The molecule has 2 aromatic rings. The average Bonchev–Trinajstić information content (AvgIpc) is 3.04. The number of hydrogen-bond donors (Lipinski definition) is 2. The molecule has 1 fully saturated rings. The summed E-state index contributed by atoms with van der Waals surface area (Å²) in [4.78, 5) is 24.3. The first-order chi connectivity index (χ1) is 14.0. The fraction of sp³-hybridized carbons (Fsp3) is 0.391. The second-order valence-electron chi connectivity index (χ2n) is 8.01. The summed E-state index contributed by atoms with van der Waals surface area (Å²) in [5, 5.41) is 12.3. The van der Waals surface area contributed by atoms with Gasteiger partial charge in [0.2, 0.25) is 0 Å². The Morgan fingerprint density at radius 2 is 1.66 bits per heavy atom. The molecule has 1 aliphatic heterocycles. The van der Waals surface area contributed by atoms with Crippen LogP contribution in [0.3, 0.4) is 0 Å². The second kappa shape index (κ2) is 7.87. The van der Waals surface area contributed by atoms with Crippen molar-refractivity contribution in [3.05, 3.63) is 59.7 Å². The van der Waals surface area contributed by atoms with Crippen molar-refractivity contribution in [1.29, 1.82) is 0 Å². The van der Waals surface area contributed by atoms with Crippen molar-refractivity contribution >= 4 is 12.1 Å². The molecule has 2 N–H and O–H groups in total. The van der Waals surface area contributed by atoms with Crippen LogP contribution in [0.25, 0.3) is 11.1 Å². The van der Waals surface area contributed by atoms with E-state index in [4.69, 9.17) is 9.47 Å². The van der Waals surface area contributed by atoms with Crippen molar-refractivity contribution in [2.24, 2.45) is 5.41 Å². The van der Waals surface area contributed by atoms with E-state index < -0.39 is 23.5 Å². The van der Waals surface area contributed by atoms with Crippen molar-refractivity contribution < 1.29 is 24.2 Å². The first-order valence-corrected chi connectivity index (χ1v) is 9.92. The summed E-state index contributed by atoms with van der Waals surface area (Å²) in [7, 11) is 0. The van der Waals surface area contributed by atoms with E-state index in [1.807, 2.05) is 43.3 Å². The molecule has 152 valence electrons. The molecule has 2 aromatic carbocycles. The molecule has 4 rings (SSSR count). The Bertz CT molecular complexity index is 873. The van der Waals surface area contributed by atoms with Crippen LogP contribution >= 0.6 is 0 Å². The van der Waals surface area contributed by atoms with Crippen LogP contribution in [0.1, 0.15) is 36.8 Å². The summed E-state index contributed by atoms with van der Waals surface area (Å²) in [5.74, 6) is -1.11. The highest BCUT2D eigenvalue weighted by Crippen LogP contribution is 2.44. The maximum atomic E-state index is 12.5. The van der Waals surface area contributed by atoms with Crippen LogP contribution < -0.4 is 5.32 Å². The molecular formula is C23H25NO5. The topological polar surface area (TPSA) is 84.9 Å². The number of fused-ring (bicyclic) bond motifs is 3. The minimum absolute atomic E-state index is 0.0601. The van der Waals surface area contributed by atoms with Gasteiger partial charge in [-0.2, -0.15) is 0 Å². The molecule has 1 heterocycles. The second-order valence-corrected chi connectivity index (χ2v) is 8.01. The first-order valence-electron chi connectivity index (χ1n) is 9.92. The molecule has 6 nitrogen and oxygen atoms in total. The largest absolute Gasteiger partial charge is 0.480 e. The summed E-state index contributed by atoms with van der Waals surface area (Å²) in [6.45, 7) is 3.02. The van der Waals surface area contributed by atoms with Crippen molar-refractivity contribution in [2.45, 2.75) is 31.7 Å². The van der Waals surface area contributed by atoms with Crippen molar-refractivity contribution in [3.63, 3.8) is 0 Å². The van der Waals surface area contributed by atoms with Gasteiger partial charge in [-0.05, 0) is 35.1 Å². The summed E-state index contributed by atoms with van der Waals surface area (Å²) in [6.07, 6.45) is 0.452. The third-order valence-electron chi connectivity index (χ3n) is 6.18. The number of hydrogen-bond acceptors (Lipinski definition) is 4. The molecule has 1 atom stereocenters. The van der Waals surface area contributed by atoms with E-state index in [-0.39, 0.29) is 12.5 Å². The minimum Gasteiger partial charge on any atom is -0.480 e. The molecule has 0 spiro atoms. The van der Waals surface area contributed by atoms with Crippen LogP contribution in [0.2, 0.25) is 0 Å². The fourth-order valence-electron chi connectivity index (χ4n) is 4.42. The number of carbonyl (C=O) groups excluding carboxylic acids is 1. The van der Waals surface area contributed by atoms with Crippen LogP contribution in [-0.4, -0.2) is 43.0 Å². The molecule has 29 heavy (non-hydrogen) atoms. The van der Waals surface area contributed by atoms with Gasteiger partial charge in [-0.1, -0.05) is 55.5 Å². The van der Waals surface area contributed by atoms with E-state index >= 15 is 0 Å². The Morgan fingerprint density at radius 1 is 1.10 bits per heavy atom. The molecule has 1 aliphatic carbocycles. The van der Waals surface area contributed by atoms with Gasteiger partial charge >= 0.3 is 12.1 Å². The molecule has 6 heteroatoms. The highest BCUT2D eigenvalue weighted by Gasteiger charge is 2.42. The molecule has 0 radical (unpaired) electrons. The van der Waals surface area contributed by atoms with Gasteiger partial charge in [0.25, 0.3) is 0 Å². The maximum absolute atomic E-state index is 12.5. The minimum atomic E-state index is -1.05. The molecule has 1 saturated heterocycles. The molecule has 0 bridgehead atoms. The number of benzene rings is 2. The van der Waals surface area contributed by atoms with E-state index in [0.29, 0.717) is 26.1 Å². The van der Waals surface area contributed by atoms with Gasteiger partial charge in [-0.25, -0.2) is 9.59 Å². The Hall–Kier alpha value is -2.86. The normalized spacial score (nSPS) is 18.4.